The molecule has 9 heteroatoms. The number of amides is 1. The van der Waals surface area contributed by atoms with Gasteiger partial charge in [-0.25, -0.2) is 4.98 Å². The molecule has 3 rings (SSSR count). The Kier molecular flexibility index (Phi) is 5.16. The van der Waals surface area contributed by atoms with Crippen LogP contribution in [-0.4, -0.2) is 37.6 Å². The lowest BCUT2D eigenvalue weighted by atomic mass is 10.1. The summed E-state index contributed by atoms with van der Waals surface area (Å²) in [7, 11) is -1.21. The van der Waals surface area contributed by atoms with Crippen LogP contribution in [0.25, 0.3) is 0 Å². The number of hydrogen-bond donors (Lipinski definition) is 2. The second-order valence-corrected chi connectivity index (χ2v) is 8.04. The van der Waals surface area contributed by atoms with Crippen LogP contribution in [0.1, 0.15) is 35.7 Å². The van der Waals surface area contributed by atoms with Gasteiger partial charge in [-0.3, -0.25) is 18.4 Å². The fourth-order valence-corrected chi connectivity index (χ4v) is 3.80. The van der Waals surface area contributed by atoms with Crippen molar-refractivity contribution in [3.05, 3.63) is 51.7 Å². The van der Waals surface area contributed by atoms with Crippen molar-refractivity contribution in [2.75, 3.05) is 12.9 Å². The highest BCUT2D eigenvalue weighted by atomic mass is 32.2. The Morgan fingerprint density at radius 3 is 2.81 bits per heavy atom. The van der Waals surface area contributed by atoms with Gasteiger partial charge in [0.15, 0.2) is 5.69 Å². The summed E-state index contributed by atoms with van der Waals surface area (Å²) in [6.07, 6.45) is 1.56. The van der Waals surface area contributed by atoms with Crippen LogP contribution in [0.15, 0.2) is 34.0 Å². The zero-order chi connectivity index (χ0) is 19.8. The molecule has 144 valence electrons. The number of carbonyl (C=O) groups excluding carboxylic acids is 1. The van der Waals surface area contributed by atoms with Gasteiger partial charge in [0.1, 0.15) is 11.4 Å². The van der Waals surface area contributed by atoms with Crippen LogP contribution in [0.2, 0.25) is 0 Å². The van der Waals surface area contributed by atoms with E-state index in [1.165, 1.54) is 4.57 Å². The minimum Gasteiger partial charge on any atom is -0.501 e. The number of nitrogens with one attached hydrogen (secondary N) is 1. The first kappa shape index (κ1) is 19.2. The number of hydrogen-bond acceptors (Lipinski definition) is 6. The number of benzene rings is 1. The van der Waals surface area contributed by atoms with E-state index in [2.05, 4.69) is 10.3 Å². The summed E-state index contributed by atoms with van der Waals surface area (Å²) in [6, 6.07) is 7.02. The van der Waals surface area contributed by atoms with Crippen molar-refractivity contribution in [1.29, 1.82) is 0 Å². The van der Waals surface area contributed by atoms with Crippen molar-refractivity contribution in [3.63, 3.8) is 0 Å². The highest BCUT2D eigenvalue weighted by Gasteiger charge is 2.34. The van der Waals surface area contributed by atoms with Gasteiger partial charge in [-0.2, -0.15) is 0 Å². The monoisotopic (exact) mass is 391 g/mol. The third-order valence-electron chi connectivity index (χ3n) is 4.40. The van der Waals surface area contributed by atoms with Crippen LogP contribution in [0.4, 0.5) is 0 Å². The van der Waals surface area contributed by atoms with E-state index in [0.717, 1.165) is 0 Å². The Hall–Kier alpha value is -2.52. The molecule has 1 aliphatic heterocycles. The average Bonchev–Trinajstić information content (AvgIpc) is 2.62. The van der Waals surface area contributed by atoms with Crippen molar-refractivity contribution < 1.29 is 18.8 Å². The van der Waals surface area contributed by atoms with Crippen LogP contribution >= 0.6 is 0 Å². The molecular weight excluding hydrogens is 370 g/mol. The summed E-state index contributed by atoms with van der Waals surface area (Å²) in [4.78, 5) is 29.8. The molecule has 1 aromatic carbocycles. The Balaban J connectivity index is 1.91. The summed E-state index contributed by atoms with van der Waals surface area (Å²) in [6.45, 7) is 4.16. The highest BCUT2D eigenvalue weighted by molar-refractivity contribution is 7.84. The third-order valence-corrected chi connectivity index (χ3v) is 5.42. The van der Waals surface area contributed by atoms with Gasteiger partial charge >= 0.3 is 0 Å². The quantitative estimate of drug-likeness (QED) is 0.801. The van der Waals surface area contributed by atoms with Crippen LogP contribution in [0.5, 0.6) is 5.75 Å². The van der Waals surface area contributed by atoms with E-state index >= 15 is 0 Å². The molecule has 1 atom stereocenters. The lowest BCUT2D eigenvalue weighted by molar-refractivity contribution is -0.0566. The third kappa shape index (κ3) is 3.65. The van der Waals surface area contributed by atoms with Crippen molar-refractivity contribution in [3.8, 4) is 5.75 Å². The lowest BCUT2D eigenvalue weighted by Gasteiger charge is -2.32. The zero-order valence-electron chi connectivity index (χ0n) is 15.3. The van der Waals surface area contributed by atoms with Gasteiger partial charge < -0.3 is 15.2 Å². The van der Waals surface area contributed by atoms with E-state index in [-0.39, 0.29) is 24.6 Å². The molecule has 27 heavy (non-hydrogen) atoms. The Morgan fingerprint density at radius 2 is 2.11 bits per heavy atom. The van der Waals surface area contributed by atoms with E-state index in [1.807, 2.05) is 0 Å². The number of fused-ring (bicyclic) bond motifs is 1. The van der Waals surface area contributed by atoms with E-state index in [0.29, 0.717) is 17.1 Å². The second-order valence-electron chi connectivity index (χ2n) is 6.69. The maximum absolute atomic E-state index is 12.6. The van der Waals surface area contributed by atoms with Gasteiger partial charge in [-0.15, -0.1) is 0 Å². The average molecular weight is 391 g/mol. The fraction of sp³-hybridized carbons (Fsp3) is 0.389. The van der Waals surface area contributed by atoms with E-state index in [1.54, 1.807) is 44.4 Å². The minimum atomic E-state index is -1.21. The first-order chi connectivity index (χ1) is 12.7. The fourth-order valence-electron chi connectivity index (χ4n) is 3.02. The number of aromatic nitrogens is 2. The lowest BCUT2D eigenvalue weighted by Crippen LogP contribution is -2.42. The molecule has 2 aromatic rings. The number of ether oxygens (including phenoxy) is 1. The van der Waals surface area contributed by atoms with Gasteiger partial charge in [-0.05, 0) is 25.5 Å². The first-order valence-electron chi connectivity index (χ1n) is 8.40. The number of rotatable bonds is 4. The smallest absolute Gasteiger partial charge is 0.296 e. The van der Waals surface area contributed by atoms with Crippen LogP contribution < -0.4 is 10.9 Å². The number of carbonyl (C=O) groups is 1. The normalized spacial score (nSPS) is 16.4. The summed E-state index contributed by atoms with van der Waals surface area (Å²) in [5, 5.41) is 12.8. The molecule has 0 bridgehead atoms. The van der Waals surface area contributed by atoms with E-state index in [9.17, 15) is 18.9 Å². The van der Waals surface area contributed by atoms with Crippen LogP contribution in [0.3, 0.4) is 0 Å². The molecule has 0 radical (unpaired) electrons. The van der Waals surface area contributed by atoms with Crippen molar-refractivity contribution in [2.45, 2.75) is 37.4 Å². The van der Waals surface area contributed by atoms with E-state index < -0.39 is 33.6 Å². The Bertz CT molecular complexity index is 983. The molecule has 8 nitrogen and oxygen atoms in total. The van der Waals surface area contributed by atoms with Gasteiger partial charge in [0.05, 0.1) is 24.0 Å². The topological polar surface area (TPSA) is 111 Å². The Labute approximate surface area is 158 Å². The SMILES string of the molecule is CS(=O)c1ccccc1CNC(=O)c1nc2n(c(=O)c1O)CCOC2(C)C. The van der Waals surface area contributed by atoms with Crippen molar-refractivity contribution >= 4 is 16.7 Å². The molecule has 2 N–H and O–H groups in total. The molecule has 0 spiro atoms. The summed E-state index contributed by atoms with van der Waals surface area (Å²) in [5.74, 6) is -1.09. The summed E-state index contributed by atoms with van der Waals surface area (Å²) >= 11 is 0. The van der Waals surface area contributed by atoms with Crippen molar-refractivity contribution in [1.82, 2.24) is 14.9 Å². The van der Waals surface area contributed by atoms with Crippen LogP contribution in [-0.2, 0) is 34.2 Å². The van der Waals surface area contributed by atoms with Gasteiger partial charge in [0.2, 0.25) is 5.75 Å². The second kappa shape index (κ2) is 7.24. The molecule has 0 saturated carbocycles. The first-order valence-corrected chi connectivity index (χ1v) is 9.96. The van der Waals surface area contributed by atoms with Gasteiger partial charge in [-0.1, -0.05) is 18.2 Å². The largest absolute Gasteiger partial charge is 0.501 e. The number of aromatic hydroxyl groups is 1. The molecule has 1 amide bonds. The minimum absolute atomic E-state index is 0.0913. The summed E-state index contributed by atoms with van der Waals surface area (Å²) in [5.41, 5.74) is -1.19. The molecule has 0 aliphatic carbocycles. The van der Waals surface area contributed by atoms with Gasteiger partial charge in [0.25, 0.3) is 11.5 Å². The predicted octanol–water partition coefficient (Wildman–Crippen LogP) is 0.882. The maximum Gasteiger partial charge on any atom is 0.296 e. The molecule has 0 fully saturated rings. The Morgan fingerprint density at radius 1 is 1.41 bits per heavy atom. The molecule has 2 heterocycles. The van der Waals surface area contributed by atoms with Crippen molar-refractivity contribution in [2.24, 2.45) is 0 Å². The molecular formula is C18H21N3O5S. The standard InChI is InChI=1S/C18H21N3O5S/c1-18(2)17-20-13(14(22)16(24)21(17)8-9-26-18)15(23)19-10-11-6-4-5-7-12(11)27(3)25/h4-7,22H,8-10H2,1-3H3,(H,19,23). The molecule has 1 aromatic heterocycles. The summed E-state index contributed by atoms with van der Waals surface area (Å²) < 4.78 is 18.7. The predicted molar refractivity (Wildman–Crippen MR) is 99.1 cm³/mol. The molecule has 0 saturated heterocycles. The maximum atomic E-state index is 12.6. The number of nitrogens with zero attached hydrogens (tertiary/aromatic N) is 2. The highest BCUT2D eigenvalue weighted by Crippen LogP contribution is 2.27. The van der Waals surface area contributed by atoms with Crippen LogP contribution in [0, 0.1) is 0 Å². The van der Waals surface area contributed by atoms with E-state index in [4.69, 9.17) is 4.74 Å². The molecule has 1 unspecified atom stereocenters. The van der Waals surface area contributed by atoms with Gasteiger partial charge in [0, 0.05) is 17.7 Å². The molecule has 1 aliphatic rings. The zero-order valence-corrected chi connectivity index (χ0v) is 16.1.